The Bertz CT molecular complexity index is 296. The van der Waals surface area contributed by atoms with Crippen molar-refractivity contribution in [1.29, 1.82) is 0 Å². The number of piperidine rings is 1. The van der Waals surface area contributed by atoms with Gasteiger partial charge >= 0.3 is 0 Å². The maximum atomic E-state index is 6.10. The van der Waals surface area contributed by atoms with Crippen LogP contribution in [0, 0.1) is 5.92 Å². The summed E-state index contributed by atoms with van der Waals surface area (Å²) in [6.45, 7) is 6.69. The molecule has 0 bridgehead atoms. The van der Waals surface area contributed by atoms with Crippen LogP contribution in [0.25, 0.3) is 0 Å². The summed E-state index contributed by atoms with van der Waals surface area (Å²) in [5, 5.41) is 0. The zero-order chi connectivity index (χ0) is 11.4. The van der Waals surface area contributed by atoms with Gasteiger partial charge in [0.05, 0.1) is 6.33 Å². The molecule has 2 atom stereocenters. The Hall–Kier alpha value is -0.870. The van der Waals surface area contributed by atoms with Crippen molar-refractivity contribution in [3.8, 4) is 0 Å². The molecule has 4 nitrogen and oxygen atoms in total. The van der Waals surface area contributed by atoms with E-state index in [0.29, 0.717) is 12.0 Å². The Morgan fingerprint density at radius 3 is 3.00 bits per heavy atom. The lowest BCUT2D eigenvalue weighted by Crippen LogP contribution is -2.47. The molecule has 16 heavy (non-hydrogen) atoms. The highest BCUT2D eigenvalue weighted by Crippen LogP contribution is 2.18. The lowest BCUT2D eigenvalue weighted by molar-refractivity contribution is 0.147. The second-order valence-corrected chi connectivity index (χ2v) is 4.72. The zero-order valence-electron chi connectivity index (χ0n) is 10.0. The zero-order valence-corrected chi connectivity index (χ0v) is 10.0. The lowest BCUT2D eigenvalue weighted by atomic mass is 9.91. The van der Waals surface area contributed by atoms with Gasteiger partial charge in [0.1, 0.15) is 0 Å². The van der Waals surface area contributed by atoms with Gasteiger partial charge in [-0.2, -0.15) is 0 Å². The monoisotopic (exact) mass is 222 g/mol. The van der Waals surface area contributed by atoms with Crippen molar-refractivity contribution >= 4 is 0 Å². The molecule has 1 aliphatic rings. The largest absolute Gasteiger partial charge is 0.336 e. The Kier molecular flexibility index (Phi) is 3.96. The Morgan fingerprint density at radius 2 is 2.31 bits per heavy atom. The van der Waals surface area contributed by atoms with Gasteiger partial charge in [-0.05, 0) is 18.9 Å². The molecule has 1 aliphatic heterocycles. The van der Waals surface area contributed by atoms with Gasteiger partial charge in [0.2, 0.25) is 0 Å². The van der Waals surface area contributed by atoms with Crippen LogP contribution in [-0.4, -0.2) is 40.1 Å². The minimum atomic E-state index is 0.412. The molecule has 2 unspecified atom stereocenters. The fourth-order valence-corrected chi connectivity index (χ4v) is 2.44. The first-order valence-electron chi connectivity index (χ1n) is 6.23. The minimum absolute atomic E-state index is 0.412. The second kappa shape index (κ2) is 5.46. The molecule has 2 rings (SSSR count). The van der Waals surface area contributed by atoms with Gasteiger partial charge < -0.3 is 15.2 Å². The van der Waals surface area contributed by atoms with Gasteiger partial charge in [-0.25, -0.2) is 4.98 Å². The van der Waals surface area contributed by atoms with Crippen LogP contribution in [0.3, 0.4) is 0 Å². The highest BCUT2D eigenvalue weighted by Gasteiger charge is 2.24. The summed E-state index contributed by atoms with van der Waals surface area (Å²) in [6, 6.07) is 0.412. The van der Waals surface area contributed by atoms with E-state index < -0.39 is 0 Å². The van der Waals surface area contributed by atoms with Crippen LogP contribution in [0.15, 0.2) is 18.7 Å². The summed E-state index contributed by atoms with van der Waals surface area (Å²) < 4.78 is 2.13. The van der Waals surface area contributed by atoms with Crippen LogP contribution in [0.2, 0.25) is 0 Å². The van der Waals surface area contributed by atoms with Crippen LogP contribution in [0.5, 0.6) is 0 Å². The highest BCUT2D eigenvalue weighted by molar-refractivity contribution is 4.82. The van der Waals surface area contributed by atoms with E-state index in [1.54, 1.807) is 0 Å². The summed E-state index contributed by atoms with van der Waals surface area (Å²) in [7, 11) is 0. The molecule has 1 aromatic heterocycles. The summed E-state index contributed by atoms with van der Waals surface area (Å²) in [5.74, 6) is 0.677. The normalized spacial score (nSPS) is 27.1. The van der Waals surface area contributed by atoms with Crippen LogP contribution >= 0.6 is 0 Å². The van der Waals surface area contributed by atoms with Crippen LogP contribution < -0.4 is 5.73 Å². The van der Waals surface area contributed by atoms with Crippen molar-refractivity contribution in [2.24, 2.45) is 11.7 Å². The number of nitrogens with zero attached hydrogens (tertiary/aromatic N) is 3. The Labute approximate surface area is 97.4 Å². The number of aromatic nitrogens is 2. The van der Waals surface area contributed by atoms with E-state index >= 15 is 0 Å². The van der Waals surface area contributed by atoms with Crippen molar-refractivity contribution in [3.05, 3.63) is 18.7 Å². The van der Waals surface area contributed by atoms with Crippen LogP contribution in [-0.2, 0) is 6.54 Å². The van der Waals surface area contributed by atoms with E-state index in [4.69, 9.17) is 5.73 Å². The van der Waals surface area contributed by atoms with Gasteiger partial charge in [-0.1, -0.05) is 13.3 Å². The average Bonchev–Trinajstić information content (AvgIpc) is 2.81. The average molecular weight is 222 g/mol. The van der Waals surface area contributed by atoms with Crippen molar-refractivity contribution in [1.82, 2.24) is 14.5 Å². The molecule has 1 fully saturated rings. The number of rotatable bonds is 4. The molecule has 2 heterocycles. The van der Waals surface area contributed by atoms with Gasteiger partial charge in [0.15, 0.2) is 0 Å². The van der Waals surface area contributed by atoms with Crippen LogP contribution in [0.1, 0.15) is 19.8 Å². The SMILES string of the molecule is CCC1CN(CCn2ccnc2)CCC1N. The standard InChI is InChI=1S/C12H22N4/c1-2-11-9-15(5-3-12(11)13)7-8-16-6-4-14-10-16/h4,6,10-12H,2-3,5,7-9,13H2,1H3. The molecule has 2 N–H and O–H groups in total. The molecule has 4 heteroatoms. The van der Waals surface area contributed by atoms with E-state index in [9.17, 15) is 0 Å². The fourth-order valence-electron chi connectivity index (χ4n) is 2.44. The number of nitrogens with two attached hydrogens (primary N) is 1. The van der Waals surface area contributed by atoms with Gasteiger partial charge in [0, 0.05) is 38.1 Å². The first-order chi connectivity index (χ1) is 7.79. The van der Waals surface area contributed by atoms with Gasteiger partial charge in [0.25, 0.3) is 0 Å². The molecule has 1 aromatic rings. The molecule has 0 radical (unpaired) electrons. The lowest BCUT2D eigenvalue weighted by Gasteiger charge is -2.36. The third-order valence-electron chi connectivity index (χ3n) is 3.63. The fraction of sp³-hybridized carbons (Fsp3) is 0.750. The summed E-state index contributed by atoms with van der Waals surface area (Å²) in [6.07, 6.45) is 8.08. The van der Waals surface area contributed by atoms with Crippen molar-refractivity contribution in [3.63, 3.8) is 0 Å². The summed E-state index contributed by atoms with van der Waals surface area (Å²) >= 11 is 0. The number of hydrogen-bond acceptors (Lipinski definition) is 3. The molecule has 1 saturated heterocycles. The predicted molar refractivity (Wildman–Crippen MR) is 65.0 cm³/mol. The molecule has 0 saturated carbocycles. The molecule has 0 spiro atoms. The Morgan fingerprint density at radius 1 is 1.44 bits per heavy atom. The number of hydrogen-bond donors (Lipinski definition) is 1. The first-order valence-corrected chi connectivity index (χ1v) is 6.23. The molecule has 0 amide bonds. The topological polar surface area (TPSA) is 47.1 Å². The van der Waals surface area contributed by atoms with Crippen molar-refractivity contribution in [2.75, 3.05) is 19.6 Å². The molecular weight excluding hydrogens is 200 g/mol. The quantitative estimate of drug-likeness (QED) is 0.825. The molecule has 90 valence electrons. The summed E-state index contributed by atoms with van der Waals surface area (Å²) in [5.41, 5.74) is 6.10. The van der Waals surface area contributed by atoms with Crippen molar-refractivity contribution in [2.45, 2.75) is 32.4 Å². The van der Waals surface area contributed by atoms with Crippen molar-refractivity contribution < 1.29 is 0 Å². The smallest absolute Gasteiger partial charge is 0.0946 e. The van der Waals surface area contributed by atoms with Crippen LogP contribution in [0.4, 0.5) is 0 Å². The maximum Gasteiger partial charge on any atom is 0.0946 e. The first kappa shape index (κ1) is 11.6. The van der Waals surface area contributed by atoms with E-state index in [-0.39, 0.29) is 0 Å². The predicted octanol–water partition coefficient (Wildman–Crippen LogP) is 0.942. The number of likely N-dealkylation sites (tertiary alicyclic amines) is 1. The maximum absolute atomic E-state index is 6.10. The summed E-state index contributed by atoms with van der Waals surface area (Å²) in [4.78, 5) is 6.58. The third kappa shape index (κ3) is 2.83. The third-order valence-corrected chi connectivity index (χ3v) is 3.63. The van der Waals surface area contributed by atoms with E-state index in [2.05, 4.69) is 21.4 Å². The van der Waals surface area contributed by atoms with E-state index in [0.717, 1.165) is 32.6 Å². The minimum Gasteiger partial charge on any atom is -0.336 e. The van der Waals surface area contributed by atoms with E-state index in [1.807, 2.05) is 18.7 Å². The Balaban J connectivity index is 1.78. The van der Waals surface area contributed by atoms with Gasteiger partial charge in [-0.3, -0.25) is 0 Å². The molecular formula is C12H22N4. The van der Waals surface area contributed by atoms with Gasteiger partial charge in [-0.15, -0.1) is 0 Å². The molecule has 0 aliphatic carbocycles. The van der Waals surface area contributed by atoms with E-state index in [1.165, 1.54) is 6.42 Å². The highest BCUT2D eigenvalue weighted by atomic mass is 15.2. The number of imidazole rings is 1. The second-order valence-electron chi connectivity index (χ2n) is 4.72. The molecule has 0 aromatic carbocycles.